The van der Waals surface area contributed by atoms with Gasteiger partial charge >= 0.3 is 0 Å². The SMILES string of the molecule is COCc1nnc2n1CCN(C(=O)c1cc(C3CC3)on1)[C@H]2C. The molecule has 0 unspecified atom stereocenters. The van der Waals surface area contributed by atoms with Crippen LogP contribution in [0.3, 0.4) is 0 Å². The highest BCUT2D eigenvalue weighted by atomic mass is 16.5. The van der Waals surface area contributed by atoms with E-state index in [1.165, 1.54) is 0 Å². The van der Waals surface area contributed by atoms with Crippen LogP contribution in [-0.2, 0) is 17.9 Å². The van der Waals surface area contributed by atoms with Crippen LogP contribution in [0.25, 0.3) is 0 Å². The average molecular weight is 317 g/mol. The van der Waals surface area contributed by atoms with E-state index in [1.807, 2.05) is 11.5 Å². The standard InChI is InChI=1S/C15H19N5O3/c1-9-14-17-16-13(8-22-2)20(14)6-5-19(9)15(21)11-7-12(23-18-11)10-3-4-10/h7,9-10H,3-6,8H2,1-2H3/t9-/m0/s1. The van der Waals surface area contributed by atoms with Crippen molar-refractivity contribution in [2.24, 2.45) is 0 Å². The van der Waals surface area contributed by atoms with E-state index in [0.29, 0.717) is 31.3 Å². The Balaban J connectivity index is 1.55. The molecule has 3 heterocycles. The third kappa shape index (κ3) is 2.42. The van der Waals surface area contributed by atoms with E-state index in [0.717, 1.165) is 30.3 Å². The summed E-state index contributed by atoms with van der Waals surface area (Å²) in [4.78, 5) is 14.5. The van der Waals surface area contributed by atoms with Gasteiger partial charge in [-0.3, -0.25) is 4.79 Å². The molecule has 0 saturated heterocycles. The number of aromatic nitrogens is 4. The molecular weight excluding hydrogens is 298 g/mol. The highest BCUT2D eigenvalue weighted by Gasteiger charge is 2.34. The van der Waals surface area contributed by atoms with E-state index in [2.05, 4.69) is 15.4 Å². The lowest BCUT2D eigenvalue weighted by Gasteiger charge is -2.33. The molecule has 4 rings (SSSR count). The van der Waals surface area contributed by atoms with Gasteiger partial charge in [-0.2, -0.15) is 0 Å². The van der Waals surface area contributed by atoms with Crippen LogP contribution in [0.4, 0.5) is 0 Å². The summed E-state index contributed by atoms with van der Waals surface area (Å²) in [7, 11) is 1.63. The molecule has 0 spiro atoms. The highest BCUT2D eigenvalue weighted by molar-refractivity contribution is 5.92. The van der Waals surface area contributed by atoms with Gasteiger partial charge < -0.3 is 18.7 Å². The smallest absolute Gasteiger partial charge is 0.276 e. The summed E-state index contributed by atoms with van der Waals surface area (Å²) in [6, 6.07) is 1.62. The predicted octanol–water partition coefficient (Wildman–Crippen LogP) is 1.51. The molecule has 0 radical (unpaired) electrons. The summed E-state index contributed by atoms with van der Waals surface area (Å²) >= 11 is 0. The molecule has 2 aliphatic rings. The zero-order valence-corrected chi connectivity index (χ0v) is 13.2. The second-order valence-corrected chi connectivity index (χ2v) is 6.12. The molecule has 1 atom stereocenters. The lowest BCUT2D eigenvalue weighted by molar-refractivity contribution is 0.0622. The number of nitrogens with zero attached hydrogens (tertiary/aromatic N) is 5. The van der Waals surface area contributed by atoms with Crippen LogP contribution >= 0.6 is 0 Å². The molecule has 1 saturated carbocycles. The first-order valence-corrected chi connectivity index (χ1v) is 7.87. The summed E-state index contributed by atoms with van der Waals surface area (Å²) in [5.74, 6) is 2.73. The number of methoxy groups -OCH3 is 1. The van der Waals surface area contributed by atoms with Crippen LogP contribution in [0.15, 0.2) is 10.6 Å². The van der Waals surface area contributed by atoms with E-state index >= 15 is 0 Å². The predicted molar refractivity (Wildman–Crippen MR) is 78.7 cm³/mol. The highest BCUT2D eigenvalue weighted by Crippen LogP contribution is 2.40. The van der Waals surface area contributed by atoms with E-state index in [9.17, 15) is 4.79 Å². The topological polar surface area (TPSA) is 86.3 Å². The number of fused-ring (bicyclic) bond motifs is 1. The van der Waals surface area contributed by atoms with Crippen LogP contribution in [0.2, 0.25) is 0 Å². The van der Waals surface area contributed by atoms with Crippen molar-refractivity contribution in [3.05, 3.63) is 29.2 Å². The number of hydrogen-bond acceptors (Lipinski definition) is 6. The number of ether oxygens (including phenoxy) is 1. The van der Waals surface area contributed by atoms with Crippen molar-refractivity contribution in [3.8, 4) is 0 Å². The van der Waals surface area contributed by atoms with Crippen molar-refractivity contribution in [3.63, 3.8) is 0 Å². The minimum absolute atomic E-state index is 0.115. The second-order valence-electron chi connectivity index (χ2n) is 6.12. The van der Waals surface area contributed by atoms with Gasteiger partial charge in [0.25, 0.3) is 5.91 Å². The molecule has 2 aromatic rings. The van der Waals surface area contributed by atoms with Gasteiger partial charge in [-0.1, -0.05) is 5.16 Å². The van der Waals surface area contributed by atoms with Gasteiger partial charge in [0.15, 0.2) is 17.3 Å². The Morgan fingerprint density at radius 2 is 2.22 bits per heavy atom. The maximum atomic E-state index is 12.7. The third-order valence-corrected chi connectivity index (χ3v) is 4.52. The monoisotopic (exact) mass is 317 g/mol. The largest absolute Gasteiger partial charge is 0.377 e. The van der Waals surface area contributed by atoms with E-state index in [4.69, 9.17) is 9.26 Å². The summed E-state index contributed by atoms with van der Waals surface area (Å²) in [5, 5.41) is 12.3. The Morgan fingerprint density at radius 1 is 1.39 bits per heavy atom. The average Bonchev–Trinajstić information content (AvgIpc) is 3.13. The first-order chi connectivity index (χ1) is 11.2. The summed E-state index contributed by atoms with van der Waals surface area (Å²) in [5.41, 5.74) is 0.379. The van der Waals surface area contributed by atoms with Crippen LogP contribution in [-0.4, -0.2) is 44.4 Å². The molecule has 0 bridgehead atoms. The van der Waals surface area contributed by atoms with Gasteiger partial charge in [-0.25, -0.2) is 0 Å². The van der Waals surface area contributed by atoms with Crippen LogP contribution in [0, 0.1) is 0 Å². The number of carbonyl (C=O) groups excluding carboxylic acids is 1. The third-order valence-electron chi connectivity index (χ3n) is 4.52. The molecule has 0 N–H and O–H groups in total. The molecule has 8 nitrogen and oxygen atoms in total. The lowest BCUT2D eigenvalue weighted by atomic mass is 10.1. The molecule has 1 aliphatic heterocycles. The number of amides is 1. The fourth-order valence-electron chi connectivity index (χ4n) is 3.05. The van der Waals surface area contributed by atoms with Crippen molar-refractivity contribution >= 4 is 5.91 Å². The minimum atomic E-state index is -0.157. The maximum absolute atomic E-state index is 12.7. The fourth-order valence-corrected chi connectivity index (χ4v) is 3.05. The number of hydrogen-bond donors (Lipinski definition) is 0. The Hall–Kier alpha value is -2.22. The number of rotatable bonds is 4. The summed E-state index contributed by atoms with van der Waals surface area (Å²) < 4.78 is 12.5. The van der Waals surface area contributed by atoms with Gasteiger partial charge in [-0.15, -0.1) is 10.2 Å². The zero-order valence-electron chi connectivity index (χ0n) is 13.2. The Bertz CT molecular complexity index is 733. The van der Waals surface area contributed by atoms with Crippen molar-refractivity contribution in [2.75, 3.05) is 13.7 Å². The van der Waals surface area contributed by atoms with Crippen LogP contribution in [0.5, 0.6) is 0 Å². The molecule has 122 valence electrons. The first kappa shape index (κ1) is 14.4. The quantitative estimate of drug-likeness (QED) is 0.849. The van der Waals surface area contributed by atoms with Crippen LogP contribution < -0.4 is 0 Å². The van der Waals surface area contributed by atoms with Gasteiger partial charge in [0.2, 0.25) is 0 Å². The first-order valence-electron chi connectivity index (χ1n) is 7.87. The maximum Gasteiger partial charge on any atom is 0.276 e. The molecule has 23 heavy (non-hydrogen) atoms. The normalized spacial score (nSPS) is 20.6. The van der Waals surface area contributed by atoms with E-state index in [1.54, 1.807) is 18.1 Å². The number of carbonyl (C=O) groups is 1. The van der Waals surface area contributed by atoms with Gasteiger partial charge in [0, 0.05) is 32.2 Å². The molecule has 1 aliphatic carbocycles. The lowest BCUT2D eigenvalue weighted by Crippen LogP contribution is -2.41. The summed E-state index contributed by atoms with van der Waals surface area (Å²) in [6.45, 7) is 3.62. The zero-order chi connectivity index (χ0) is 16.0. The fraction of sp³-hybridized carbons (Fsp3) is 0.600. The molecule has 1 amide bonds. The molecule has 8 heteroatoms. The van der Waals surface area contributed by atoms with Crippen molar-refractivity contribution < 1.29 is 14.1 Å². The van der Waals surface area contributed by atoms with Gasteiger partial charge in [0.1, 0.15) is 12.4 Å². The Morgan fingerprint density at radius 3 is 2.96 bits per heavy atom. The van der Waals surface area contributed by atoms with E-state index < -0.39 is 0 Å². The Kier molecular flexibility index (Phi) is 3.41. The van der Waals surface area contributed by atoms with Crippen molar-refractivity contribution in [1.29, 1.82) is 0 Å². The van der Waals surface area contributed by atoms with Crippen LogP contribution in [0.1, 0.15) is 59.6 Å². The summed E-state index contributed by atoms with van der Waals surface area (Å²) in [6.07, 6.45) is 2.24. The molecule has 0 aromatic carbocycles. The minimum Gasteiger partial charge on any atom is -0.377 e. The Labute approximate surface area is 133 Å². The molecule has 1 fully saturated rings. The molecule has 2 aromatic heterocycles. The second kappa shape index (κ2) is 5.45. The van der Waals surface area contributed by atoms with Gasteiger partial charge in [-0.05, 0) is 19.8 Å². The van der Waals surface area contributed by atoms with Crippen molar-refractivity contribution in [1.82, 2.24) is 24.8 Å². The molecular formula is C15H19N5O3. The van der Waals surface area contributed by atoms with E-state index in [-0.39, 0.29) is 11.9 Å². The van der Waals surface area contributed by atoms with Crippen molar-refractivity contribution in [2.45, 2.75) is 44.9 Å². The van der Waals surface area contributed by atoms with Gasteiger partial charge in [0.05, 0.1) is 6.04 Å².